The largest absolute Gasteiger partial charge is 0.378 e. The number of nitrogens with two attached hydrogens (primary N) is 1. The molecule has 0 bridgehead atoms. The number of carbonyl (C=O) groups is 1. The Labute approximate surface area is 175 Å². The molecule has 9 heteroatoms. The fourth-order valence-corrected chi connectivity index (χ4v) is 4.60. The Hall–Kier alpha value is -1.12. The van der Waals surface area contributed by atoms with Crippen LogP contribution in [0.25, 0.3) is 10.2 Å². The Kier molecular flexibility index (Phi) is 7.71. The normalized spacial score (nSPS) is 19.1. The van der Waals surface area contributed by atoms with E-state index in [1.54, 1.807) is 11.3 Å². The lowest BCUT2D eigenvalue weighted by molar-refractivity contribution is -0.122. The van der Waals surface area contributed by atoms with Gasteiger partial charge in [-0.2, -0.15) is 0 Å². The van der Waals surface area contributed by atoms with Gasteiger partial charge in [-0.1, -0.05) is 30.6 Å². The summed E-state index contributed by atoms with van der Waals surface area (Å²) in [7, 11) is 0. The minimum absolute atomic E-state index is 0. The standard InChI is InChI=1S/C18H24N4O2S.2ClH/c19-18(6-2-1-3-7-18)16(23)20-13-4-5-14-15(12-13)25-17(21-14)22-8-10-24-11-9-22;;/h4-5,12H,1-3,6-11,19H2,(H,20,23);2*1H. The minimum Gasteiger partial charge on any atom is -0.378 e. The maximum atomic E-state index is 12.6. The van der Waals surface area contributed by atoms with Crippen molar-refractivity contribution in [3.8, 4) is 0 Å². The van der Waals surface area contributed by atoms with E-state index in [2.05, 4.69) is 10.2 Å². The van der Waals surface area contributed by atoms with Gasteiger partial charge in [0.25, 0.3) is 0 Å². The molecule has 3 N–H and O–H groups in total. The van der Waals surface area contributed by atoms with E-state index < -0.39 is 5.54 Å². The van der Waals surface area contributed by atoms with Gasteiger partial charge in [0.1, 0.15) is 0 Å². The van der Waals surface area contributed by atoms with Crippen LogP contribution in [0, 0.1) is 0 Å². The van der Waals surface area contributed by atoms with Crippen LogP contribution in [0.5, 0.6) is 0 Å². The molecular formula is C18H26Cl2N4O2S. The van der Waals surface area contributed by atoms with Crippen LogP contribution in [0.15, 0.2) is 18.2 Å². The number of hydrogen-bond acceptors (Lipinski definition) is 6. The molecule has 0 spiro atoms. The topological polar surface area (TPSA) is 80.5 Å². The van der Waals surface area contributed by atoms with E-state index in [1.165, 1.54) is 6.42 Å². The molecule has 1 aromatic heterocycles. The number of nitrogens with one attached hydrogen (secondary N) is 1. The molecule has 1 aliphatic carbocycles. The second-order valence-electron chi connectivity index (χ2n) is 6.95. The number of aromatic nitrogens is 1. The van der Waals surface area contributed by atoms with E-state index in [-0.39, 0.29) is 30.7 Å². The summed E-state index contributed by atoms with van der Waals surface area (Å²) in [5.41, 5.74) is 7.36. The van der Waals surface area contributed by atoms with Crippen LogP contribution < -0.4 is 16.0 Å². The van der Waals surface area contributed by atoms with Crippen LogP contribution in [-0.4, -0.2) is 42.7 Å². The zero-order chi connectivity index (χ0) is 17.3. The van der Waals surface area contributed by atoms with Gasteiger partial charge in [-0.25, -0.2) is 4.98 Å². The first-order valence-corrected chi connectivity index (χ1v) is 9.79. The summed E-state index contributed by atoms with van der Waals surface area (Å²) in [5.74, 6) is -0.0653. The van der Waals surface area contributed by atoms with Crippen LogP contribution in [0.4, 0.5) is 10.8 Å². The number of fused-ring (bicyclic) bond motifs is 1. The van der Waals surface area contributed by atoms with Gasteiger partial charge in [-0.15, -0.1) is 24.8 Å². The van der Waals surface area contributed by atoms with Crippen LogP contribution in [0.3, 0.4) is 0 Å². The van der Waals surface area contributed by atoms with E-state index >= 15 is 0 Å². The van der Waals surface area contributed by atoms with Gasteiger partial charge < -0.3 is 20.7 Å². The summed E-state index contributed by atoms with van der Waals surface area (Å²) in [6.07, 6.45) is 4.76. The smallest absolute Gasteiger partial charge is 0.244 e. The van der Waals surface area contributed by atoms with Gasteiger partial charge in [0.15, 0.2) is 5.13 Å². The molecule has 1 saturated heterocycles. The average Bonchev–Trinajstić information content (AvgIpc) is 3.06. The van der Waals surface area contributed by atoms with E-state index in [9.17, 15) is 4.79 Å². The molecule has 1 amide bonds. The predicted octanol–water partition coefficient (Wildman–Crippen LogP) is 3.58. The lowest BCUT2D eigenvalue weighted by Crippen LogP contribution is -2.52. The number of ether oxygens (including phenoxy) is 1. The lowest BCUT2D eigenvalue weighted by Gasteiger charge is -2.31. The fraction of sp³-hybridized carbons (Fsp3) is 0.556. The molecular weight excluding hydrogens is 407 g/mol. The number of morpholine rings is 1. The minimum atomic E-state index is -0.722. The van der Waals surface area contributed by atoms with Crippen molar-refractivity contribution in [1.82, 2.24) is 4.98 Å². The third-order valence-corrected chi connectivity index (χ3v) is 6.19. The van der Waals surface area contributed by atoms with Gasteiger partial charge in [0, 0.05) is 18.8 Å². The maximum Gasteiger partial charge on any atom is 0.244 e. The summed E-state index contributed by atoms with van der Waals surface area (Å²) >= 11 is 1.66. The Morgan fingerprint density at radius 1 is 1.19 bits per heavy atom. The van der Waals surface area contributed by atoms with E-state index in [0.29, 0.717) is 0 Å². The van der Waals surface area contributed by atoms with Crippen molar-refractivity contribution < 1.29 is 9.53 Å². The van der Waals surface area contributed by atoms with E-state index in [4.69, 9.17) is 15.5 Å². The number of thiazole rings is 1. The Balaban J connectivity index is 0.00000131. The summed E-state index contributed by atoms with van der Waals surface area (Å²) in [6.45, 7) is 3.24. The van der Waals surface area contributed by atoms with Crippen molar-refractivity contribution in [2.24, 2.45) is 5.73 Å². The number of halogens is 2. The molecule has 0 atom stereocenters. The molecule has 27 heavy (non-hydrogen) atoms. The number of anilines is 2. The molecule has 0 unspecified atom stereocenters. The van der Waals surface area contributed by atoms with Crippen LogP contribution in [0.2, 0.25) is 0 Å². The van der Waals surface area contributed by atoms with Crippen molar-refractivity contribution in [3.05, 3.63) is 18.2 Å². The van der Waals surface area contributed by atoms with Crippen molar-refractivity contribution in [2.45, 2.75) is 37.6 Å². The number of carbonyl (C=O) groups excluding carboxylic acids is 1. The predicted molar refractivity (Wildman–Crippen MR) is 116 cm³/mol. The first-order valence-electron chi connectivity index (χ1n) is 8.98. The van der Waals surface area contributed by atoms with Gasteiger partial charge in [0.05, 0.1) is 29.0 Å². The number of amides is 1. The fourth-order valence-electron chi connectivity index (χ4n) is 3.55. The first-order chi connectivity index (χ1) is 12.1. The molecule has 1 aromatic carbocycles. The summed E-state index contributed by atoms with van der Waals surface area (Å²) in [6, 6.07) is 5.88. The van der Waals surface area contributed by atoms with Crippen LogP contribution in [0.1, 0.15) is 32.1 Å². The third-order valence-electron chi connectivity index (χ3n) is 5.11. The number of hydrogen-bond donors (Lipinski definition) is 2. The summed E-state index contributed by atoms with van der Waals surface area (Å²) in [5, 5.41) is 4.03. The quantitative estimate of drug-likeness (QED) is 0.774. The second kappa shape index (κ2) is 9.39. The molecule has 2 fully saturated rings. The Bertz CT molecular complexity index is 774. The highest BCUT2D eigenvalue weighted by atomic mass is 35.5. The number of benzene rings is 1. The highest BCUT2D eigenvalue weighted by Gasteiger charge is 2.35. The molecule has 2 aliphatic rings. The van der Waals surface area contributed by atoms with Crippen molar-refractivity contribution >= 4 is 63.1 Å². The Morgan fingerprint density at radius 3 is 2.59 bits per heavy atom. The van der Waals surface area contributed by atoms with Gasteiger partial charge in [-0.3, -0.25) is 4.79 Å². The van der Waals surface area contributed by atoms with Crippen LogP contribution in [-0.2, 0) is 9.53 Å². The number of rotatable bonds is 3. The average molecular weight is 433 g/mol. The molecule has 2 heterocycles. The molecule has 1 saturated carbocycles. The lowest BCUT2D eigenvalue weighted by atomic mass is 9.82. The second-order valence-corrected chi connectivity index (χ2v) is 7.96. The van der Waals surface area contributed by atoms with Gasteiger partial charge in [-0.05, 0) is 31.0 Å². The molecule has 2 aromatic rings. The third kappa shape index (κ3) is 4.84. The van der Waals surface area contributed by atoms with Crippen LogP contribution >= 0.6 is 36.2 Å². The highest BCUT2D eigenvalue weighted by molar-refractivity contribution is 7.22. The number of nitrogens with zero attached hydrogens (tertiary/aromatic N) is 2. The monoisotopic (exact) mass is 432 g/mol. The molecule has 150 valence electrons. The molecule has 4 rings (SSSR count). The van der Waals surface area contributed by atoms with Crippen molar-refractivity contribution in [3.63, 3.8) is 0 Å². The molecule has 0 radical (unpaired) electrons. The zero-order valence-electron chi connectivity index (χ0n) is 15.1. The molecule has 1 aliphatic heterocycles. The first kappa shape index (κ1) is 22.2. The SMILES string of the molecule is Cl.Cl.NC1(C(=O)Nc2ccc3nc(N4CCOCC4)sc3c2)CCCCC1. The van der Waals surface area contributed by atoms with Gasteiger partial charge >= 0.3 is 0 Å². The van der Waals surface area contributed by atoms with E-state index in [1.807, 2.05) is 18.2 Å². The summed E-state index contributed by atoms with van der Waals surface area (Å²) in [4.78, 5) is 19.6. The molecule has 6 nitrogen and oxygen atoms in total. The zero-order valence-corrected chi connectivity index (χ0v) is 17.6. The van der Waals surface area contributed by atoms with Gasteiger partial charge in [0.2, 0.25) is 5.91 Å². The maximum absolute atomic E-state index is 12.6. The summed E-state index contributed by atoms with van der Waals surface area (Å²) < 4.78 is 6.48. The van der Waals surface area contributed by atoms with Crippen molar-refractivity contribution in [2.75, 3.05) is 36.5 Å². The Morgan fingerprint density at radius 2 is 1.89 bits per heavy atom. The highest BCUT2D eigenvalue weighted by Crippen LogP contribution is 2.32. The van der Waals surface area contributed by atoms with E-state index in [0.717, 1.165) is 73.0 Å². The van der Waals surface area contributed by atoms with Crippen molar-refractivity contribution in [1.29, 1.82) is 0 Å².